The number of piperazine rings is 1. The second kappa shape index (κ2) is 7.98. The van der Waals surface area contributed by atoms with E-state index < -0.39 is 0 Å². The number of rotatable bonds is 3. The third kappa shape index (κ3) is 4.20. The molecule has 0 radical (unpaired) electrons. The van der Waals surface area contributed by atoms with Gasteiger partial charge in [-0.25, -0.2) is 4.39 Å². The Bertz CT molecular complexity index is 827. The lowest BCUT2D eigenvalue weighted by molar-refractivity contribution is 0.250. The van der Waals surface area contributed by atoms with Crippen LogP contribution in [0.3, 0.4) is 0 Å². The second-order valence-electron chi connectivity index (χ2n) is 6.42. The number of anilines is 1. The Morgan fingerprint density at radius 3 is 2.16 bits per heavy atom. The zero-order chi connectivity index (χ0) is 16.4. The second-order valence-corrected chi connectivity index (χ2v) is 6.42. The molecule has 0 bridgehead atoms. The Hall–Kier alpha value is -1.91. The molecule has 1 heterocycles. The van der Waals surface area contributed by atoms with Crippen molar-refractivity contribution >= 4 is 33.4 Å². The number of nitrogens with zero attached hydrogens (tertiary/aromatic N) is 2. The van der Waals surface area contributed by atoms with Gasteiger partial charge in [-0.05, 0) is 40.6 Å². The van der Waals surface area contributed by atoms with E-state index in [9.17, 15) is 4.39 Å². The summed E-state index contributed by atoms with van der Waals surface area (Å²) in [5.41, 5.74) is 2.48. The molecule has 3 aromatic rings. The molecule has 0 N–H and O–H groups in total. The highest BCUT2D eigenvalue weighted by molar-refractivity contribution is 8.93. The predicted molar refractivity (Wildman–Crippen MR) is 108 cm³/mol. The summed E-state index contributed by atoms with van der Waals surface area (Å²) < 4.78 is 13.0. The van der Waals surface area contributed by atoms with Crippen molar-refractivity contribution in [2.75, 3.05) is 31.1 Å². The number of halogens is 2. The molecule has 0 saturated carbocycles. The van der Waals surface area contributed by atoms with Crippen molar-refractivity contribution < 1.29 is 4.39 Å². The third-order valence-electron chi connectivity index (χ3n) is 4.79. The van der Waals surface area contributed by atoms with Crippen molar-refractivity contribution in [1.82, 2.24) is 4.90 Å². The van der Waals surface area contributed by atoms with E-state index in [4.69, 9.17) is 0 Å². The summed E-state index contributed by atoms with van der Waals surface area (Å²) in [5, 5.41) is 2.58. The molecule has 0 unspecified atom stereocenters. The van der Waals surface area contributed by atoms with Gasteiger partial charge in [-0.1, -0.05) is 42.5 Å². The van der Waals surface area contributed by atoms with E-state index in [2.05, 4.69) is 52.3 Å². The maximum atomic E-state index is 13.0. The largest absolute Gasteiger partial charge is 0.369 e. The highest BCUT2D eigenvalue weighted by atomic mass is 79.9. The molecular formula is C21H22BrFN2. The summed E-state index contributed by atoms with van der Waals surface area (Å²) in [6.45, 7) is 5.01. The first-order valence-corrected chi connectivity index (χ1v) is 8.48. The molecular weight excluding hydrogens is 379 g/mol. The summed E-state index contributed by atoms with van der Waals surface area (Å²) in [5.74, 6) is -0.167. The lowest BCUT2D eigenvalue weighted by atomic mass is 10.1. The van der Waals surface area contributed by atoms with Crippen LogP contribution in [0.2, 0.25) is 0 Å². The fourth-order valence-corrected chi connectivity index (χ4v) is 3.39. The lowest BCUT2D eigenvalue weighted by Gasteiger charge is -2.36. The van der Waals surface area contributed by atoms with Crippen LogP contribution in [0.1, 0.15) is 5.56 Å². The smallest absolute Gasteiger partial charge is 0.123 e. The molecule has 0 amide bonds. The molecule has 1 fully saturated rings. The fraction of sp³-hybridized carbons (Fsp3) is 0.238. The van der Waals surface area contributed by atoms with Crippen molar-refractivity contribution in [1.29, 1.82) is 0 Å². The lowest BCUT2D eigenvalue weighted by Crippen LogP contribution is -2.45. The van der Waals surface area contributed by atoms with Crippen molar-refractivity contribution in [3.05, 3.63) is 78.1 Å². The van der Waals surface area contributed by atoms with Crippen LogP contribution in [0.5, 0.6) is 0 Å². The highest BCUT2D eigenvalue weighted by Crippen LogP contribution is 2.23. The molecule has 2 nitrogen and oxygen atoms in total. The number of hydrogen-bond acceptors (Lipinski definition) is 2. The Labute approximate surface area is 158 Å². The van der Waals surface area contributed by atoms with Crippen molar-refractivity contribution in [2.45, 2.75) is 6.54 Å². The van der Waals surface area contributed by atoms with Crippen LogP contribution in [0.15, 0.2) is 66.7 Å². The molecule has 0 aliphatic carbocycles. The van der Waals surface area contributed by atoms with Gasteiger partial charge in [-0.3, -0.25) is 4.90 Å². The first-order valence-electron chi connectivity index (χ1n) is 8.48. The number of benzene rings is 3. The van der Waals surface area contributed by atoms with Crippen LogP contribution < -0.4 is 4.90 Å². The standard InChI is InChI=1S/C21H21FN2.BrH/c22-20-8-5-17(6-9-20)16-23-11-13-24(14-12-23)21-10-7-18-3-1-2-4-19(18)15-21;/h1-10,15H,11-14,16H2;1H. The molecule has 0 spiro atoms. The van der Waals surface area contributed by atoms with E-state index in [0.717, 1.165) is 32.7 Å². The first kappa shape index (κ1) is 17.9. The minimum atomic E-state index is -0.167. The zero-order valence-corrected chi connectivity index (χ0v) is 15.8. The molecule has 1 aliphatic heterocycles. The number of fused-ring (bicyclic) bond motifs is 1. The van der Waals surface area contributed by atoms with E-state index in [1.165, 1.54) is 22.0 Å². The molecule has 3 aromatic carbocycles. The topological polar surface area (TPSA) is 6.48 Å². The molecule has 4 heteroatoms. The Morgan fingerprint density at radius 2 is 1.44 bits per heavy atom. The highest BCUT2D eigenvalue weighted by Gasteiger charge is 2.17. The average Bonchev–Trinajstić information content (AvgIpc) is 2.64. The monoisotopic (exact) mass is 400 g/mol. The van der Waals surface area contributed by atoms with Crippen LogP contribution in [-0.4, -0.2) is 31.1 Å². The van der Waals surface area contributed by atoms with Gasteiger partial charge in [0, 0.05) is 38.4 Å². The fourth-order valence-electron chi connectivity index (χ4n) is 3.39. The van der Waals surface area contributed by atoms with Gasteiger partial charge < -0.3 is 4.90 Å². The van der Waals surface area contributed by atoms with Crippen LogP contribution in [0.25, 0.3) is 10.8 Å². The van der Waals surface area contributed by atoms with E-state index in [-0.39, 0.29) is 22.8 Å². The molecule has 0 aromatic heterocycles. The summed E-state index contributed by atoms with van der Waals surface area (Å²) in [6, 6.07) is 22.0. The van der Waals surface area contributed by atoms with Crippen molar-refractivity contribution in [3.8, 4) is 0 Å². The predicted octanol–water partition coefficient (Wildman–Crippen LogP) is 4.88. The van der Waals surface area contributed by atoms with Crippen LogP contribution in [0, 0.1) is 5.82 Å². The van der Waals surface area contributed by atoms with Gasteiger partial charge in [0.15, 0.2) is 0 Å². The van der Waals surface area contributed by atoms with Gasteiger partial charge in [-0.15, -0.1) is 17.0 Å². The van der Waals surface area contributed by atoms with Crippen LogP contribution >= 0.6 is 17.0 Å². The van der Waals surface area contributed by atoms with Gasteiger partial charge in [0.2, 0.25) is 0 Å². The van der Waals surface area contributed by atoms with Crippen LogP contribution in [0.4, 0.5) is 10.1 Å². The minimum absolute atomic E-state index is 0. The Kier molecular flexibility index (Phi) is 5.71. The Balaban J connectivity index is 0.00000182. The summed E-state index contributed by atoms with van der Waals surface area (Å²) in [6.07, 6.45) is 0. The normalized spacial score (nSPS) is 15.2. The summed E-state index contributed by atoms with van der Waals surface area (Å²) >= 11 is 0. The van der Waals surface area contributed by atoms with Crippen LogP contribution in [-0.2, 0) is 6.54 Å². The van der Waals surface area contributed by atoms with E-state index in [0.29, 0.717) is 0 Å². The molecule has 4 rings (SSSR count). The summed E-state index contributed by atoms with van der Waals surface area (Å²) in [4.78, 5) is 4.89. The van der Waals surface area contributed by atoms with Crippen molar-refractivity contribution in [3.63, 3.8) is 0 Å². The SMILES string of the molecule is Br.Fc1ccc(CN2CCN(c3ccc4ccccc4c3)CC2)cc1. The molecule has 130 valence electrons. The molecule has 25 heavy (non-hydrogen) atoms. The van der Waals surface area contributed by atoms with E-state index >= 15 is 0 Å². The molecule has 1 saturated heterocycles. The van der Waals surface area contributed by atoms with E-state index in [1.54, 1.807) is 12.1 Å². The van der Waals surface area contributed by atoms with Gasteiger partial charge in [-0.2, -0.15) is 0 Å². The van der Waals surface area contributed by atoms with Crippen molar-refractivity contribution in [2.24, 2.45) is 0 Å². The van der Waals surface area contributed by atoms with Gasteiger partial charge in [0.05, 0.1) is 0 Å². The molecule has 0 atom stereocenters. The zero-order valence-electron chi connectivity index (χ0n) is 14.1. The van der Waals surface area contributed by atoms with Gasteiger partial charge >= 0.3 is 0 Å². The minimum Gasteiger partial charge on any atom is -0.369 e. The summed E-state index contributed by atoms with van der Waals surface area (Å²) in [7, 11) is 0. The maximum absolute atomic E-state index is 13.0. The van der Waals surface area contributed by atoms with Gasteiger partial charge in [0.1, 0.15) is 5.82 Å². The van der Waals surface area contributed by atoms with E-state index in [1.807, 2.05) is 12.1 Å². The molecule has 1 aliphatic rings. The first-order chi connectivity index (χ1) is 11.8. The van der Waals surface area contributed by atoms with Gasteiger partial charge in [0.25, 0.3) is 0 Å². The average molecular weight is 401 g/mol. The quantitative estimate of drug-likeness (QED) is 0.617. The maximum Gasteiger partial charge on any atom is 0.123 e. The Morgan fingerprint density at radius 1 is 0.760 bits per heavy atom. The third-order valence-corrected chi connectivity index (χ3v) is 4.79. The number of hydrogen-bond donors (Lipinski definition) is 0.